The third kappa shape index (κ3) is 2.99. The Labute approximate surface area is 90.0 Å². The number of hydrogen-bond donors (Lipinski definition) is 1. The monoisotopic (exact) mass is 242 g/mol. The van der Waals surface area contributed by atoms with Crippen LogP contribution in [0.4, 0.5) is 4.39 Å². The number of benzene rings is 1. The van der Waals surface area contributed by atoms with E-state index in [2.05, 4.69) is 0 Å². The molecular weight excluding hydrogens is 237 g/mol. The summed E-state index contributed by atoms with van der Waals surface area (Å²) in [6.45, 7) is 0. The predicted octanol–water partition coefficient (Wildman–Crippen LogP) is 3.47. The Bertz CT molecular complexity index is 280. The minimum atomic E-state index is -2.69. The van der Waals surface area contributed by atoms with Crippen LogP contribution in [0.1, 0.15) is 11.7 Å². The van der Waals surface area contributed by atoms with E-state index in [0.717, 1.165) is 0 Å². The lowest BCUT2D eigenvalue weighted by Gasteiger charge is -2.17. The smallest absolute Gasteiger partial charge is 0.287 e. The highest BCUT2D eigenvalue weighted by Crippen LogP contribution is 2.37. The molecule has 0 aliphatic heterocycles. The minimum absolute atomic E-state index is 0.275. The highest BCUT2D eigenvalue weighted by Gasteiger charge is 2.34. The molecule has 0 spiro atoms. The van der Waals surface area contributed by atoms with Gasteiger partial charge in [0.05, 0.1) is 0 Å². The van der Waals surface area contributed by atoms with E-state index in [-0.39, 0.29) is 5.56 Å². The van der Waals surface area contributed by atoms with Crippen LogP contribution in [-0.2, 0) is 0 Å². The van der Waals surface area contributed by atoms with Gasteiger partial charge < -0.3 is 5.11 Å². The van der Waals surface area contributed by atoms with Crippen molar-refractivity contribution in [3.8, 4) is 0 Å². The van der Waals surface area contributed by atoms with Gasteiger partial charge in [0.15, 0.2) is 0 Å². The van der Waals surface area contributed by atoms with Gasteiger partial charge in [0.25, 0.3) is 4.59 Å². The van der Waals surface area contributed by atoms with E-state index in [0.29, 0.717) is 5.02 Å². The molecule has 13 heavy (non-hydrogen) atoms. The third-order valence-corrected chi connectivity index (χ3v) is 2.16. The molecule has 0 saturated carbocycles. The standard InChI is InChI=1S/C8H6Cl3FO/c9-6-3-1-5(2-4-6)7(13)8(10,11)12/h1-4,7,13H. The zero-order valence-electron chi connectivity index (χ0n) is 6.35. The van der Waals surface area contributed by atoms with Gasteiger partial charge in [0, 0.05) is 5.02 Å². The van der Waals surface area contributed by atoms with Gasteiger partial charge in [0.2, 0.25) is 0 Å². The summed E-state index contributed by atoms with van der Waals surface area (Å²) in [7, 11) is 0. The van der Waals surface area contributed by atoms with E-state index < -0.39 is 10.7 Å². The molecule has 1 unspecified atom stereocenters. The van der Waals surface area contributed by atoms with Gasteiger partial charge in [-0.1, -0.05) is 46.9 Å². The molecule has 0 aliphatic rings. The maximum Gasteiger partial charge on any atom is 0.287 e. The van der Waals surface area contributed by atoms with Crippen LogP contribution in [0.15, 0.2) is 24.3 Å². The molecule has 1 atom stereocenters. The van der Waals surface area contributed by atoms with Crippen molar-refractivity contribution in [1.29, 1.82) is 0 Å². The van der Waals surface area contributed by atoms with Crippen molar-refractivity contribution in [2.45, 2.75) is 10.7 Å². The van der Waals surface area contributed by atoms with Crippen molar-refractivity contribution < 1.29 is 9.50 Å². The highest BCUT2D eigenvalue weighted by atomic mass is 35.5. The first kappa shape index (κ1) is 11.1. The summed E-state index contributed by atoms with van der Waals surface area (Å²) < 4.78 is 10.1. The van der Waals surface area contributed by atoms with Gasteiger partial charge in [-0.25, -0.2) is 4.39 Å². The molecule has 0 amide bonds. The second kappa shape index (κ2) is 4.01. The van der Waals surface area contributed by atoms with Crippen LogP contribution in [0.3, 0.4) is 0 Å². The zero-order chi connectivity index (χ0) is 10.1. The van der Waals surface area contributed by atoms with Crippen LogP contribution in [0.5, 0.6) is 0 Å². The maximum atomic E-state index is 12.8. The van der Waals surface area contributed by atoms with Crippen LogP contribution in [-0.4, -0.2) is 9.69 Å². The molecule has 1 N–H and O–H groups in total. The molecule has 1 rings (SSSR count). The molecule has 1 aromatic carbocycles. The summed E-state index contributed by atoms with van der Waals surface area (Å²) in [4.78, 5) is 0. The Morgan fingerprint density at radius 2 is 1.69 bits per heavy atom. The van der Waals surface area contributed by atoms with Gasteiger partial charge in [-0.3, -0.25) is 0 Å². The fraction of sp³-hybridized carbons (Fsp3) is 0.250. The van der Waals surface area contributed by atoms with Gasteiger partial charge in [-0.05, 0) is 17.7 Å². The molecule has 1 nitrogen and oxygen atoms in total. The lowest BCUT2D eigenvalue weighted by molar-refractivity contribution is 0.0980. The number of hydrogen-bond acceptors (Lipinski definition) is 1. The molecular formula is C8H6Cl3FO. The van der Waals surface area contributed by atoms with Crippen molar-refractivity contribution >= 4 is 34.8 Å². The molecule has 0 bridgehead atoms. The first-order valence-corrected chi connectivity index (χ1v) is 4.55. The average molecular weight is 243 g/mol. The van der Waals surface area contributed by atoms with Gasteiger partial charge >= 0.3 is 0 Å². The Morgan fingerprint density at radius 1 is 1.23 bits per heavy atom. The summed E-state index contributed by atoms with van der Waals surface area (Å²) >= 11 is 15.7. The van der Waals surface area contributed by atoms with Gasteiger partial charge in [-0.15, -0.1) is 0 Å². The Morgan fingerprint density at radius 3 is 2.08 bits per heavy atom. The third-order valence-electron chi connectivity index (χ3n) is 1.50. The van der Waals surface area contributed by atoms with Crippen molar-refractivity contribution in [3.05, 3.63) is 34.9 Å². The summed E-state index contributed by atoms with van der Waals surface area (Å²) in [5.74, 6) is 0. The lowest BCUT2D eigenvalue weighted by Crippen LogP contribution is -2.17. The Kier molecular flexibility index (Phi) is 3.41. The summed E-state index contributed by atoms with van der Waals surface area (Å²) in [6, 6.07) is 5.93. The second-order valence-corrected chi connectivity index (χ2v) is 4.23. The largest absolute Gasteiger partial charge is 0.382 e. The average Bonchev–Trinajstić information content (AvgIpc) is 2.03. The Balaban J connectivity index is 2.90. The first-order valence-electron chi connectivity index (χ1n) is 3.41. The van der Waals surface area contributed by atoms with Crippen LogP contribution >= 0.6 is 34.8 Å². The molecule has 0 aromatic heterocycles. The fourth-order valence-electron chi connectivity index (χ4n) is 0.834. The SMILES string of the molecule is OC(c1ccc(Cl)cc1)C(F)(Cl)Cl. The number of rotatable bonds is 2. The van der Waals surface area contributed by atoms with Crippen LogP contribution in [0, 0.1) is 0 Å². The molecule has 0 heterocycles. The summed E-state index contributed by atoms with van der Waals surface area (Å²) in [6.07, 6.45) is -1.58. The second-order valence-electron chi connectivity index (χ2n) is 2.50. The van der Waals surface area contributed by atoms with E-state index in [1.54, 1.807) is 0 Å². The zero-order valence-corrected chi connectivity index (χ0v) is 8.61. The van der Waals surface area contributed by atoms with Gasteiger partial charge in [0.1, 0.15) is 6.10 Å². The topological polar surface area (TPSA) is 20.2 Å². The van der Waals surface area contributed by atoms with Crippen molar-refractivity contribution in [2.75, 3.05) is 0 Å². The quantitative estimate of drug-likeness (QED) is 0.789. The van der Waals surface area contributed by atoms with E-state index in [4.69, 9.17) is 34.8 Å². The number of aliphatic hydroxyl groups is 1. The number of halogens is 4. The van der Waals surface area contributed by atoms with Crippen molar-refractivity contribution in [2.24, 2.45) is 0 Å². The normalized spacial score (nSPS) is 14.2. The molecule has 0 radical (unpaired) electrons. The van der Waals surface area contributed by atoms with E-state index in [9.17, 15) is 9.50 Å². The maximum absolute atomic E-state index is 12.8. The lowest BCUT2D eigenvalue weighted by atomic mass is 10.1. The molecule has 1 aromatic rings. The molecule has 72 valence electrons. The fourth-order valence-corrected chi connectivity index (χ4v) is 1.21. The molecule has 5 heteroatoms. The number of aliphatic hydroxyl groups excluding tert-OH is 1. The molecule has 0 aliphatic carbocycles. The predicted molar refractivity (Wildman–Crippen MR) is 52.0 cm³/mol. The molecule has 0 fully saturated rings. The highest BCUT2D eigenvalue weighted by molar-refractivity contribution is 6.47. The van der Waals surface area contributed by atoms with Crippen LogP contribution < -0.4 is 0 Å². The first-order chi connectivity index (χ1) is 5.91. The van der Waals surface area contributed by atoms with E-state index >= 15 is 0 Å². The summed E-state index contributed by atoms with van der Waals surface area (Å²) in [5.41, 5.74) is 0.275. The van der Waals surface area contributed by atoms with Crippen molar-refractivity contribution in [3.63, 3.8) is 0 Å². The van der Waals surface area contributed by atoms with Crippen molar-refractivity contribution in [1.82, 2.24) is 0 Å². The van der Waals surface area contributed by atoms with Crippen LogP contribution in [0.2, 0.25) is 5.02 Å². The number of alkyl halides is 3. The summed E-state index contributed by atoms with van der Waals surface area (Å²) in [5, 5.41) is 9.76. The Hall–Kier alpha value is -0.0200. The molecule has 0 saturated heterocycles. The van der Waals surface area contributed by atoms with E-state index in [1.807, 2.05) is 0 Å². The van der Waals surface area contributed by atoms with Gasteiger partial charge in [-0.2, -0.15) is 0 Å². The minimum Gasteiger partial charge on any atom is -0.382 e. The van der Waals surface area contributed by atoms with Crippen LogP contribution in [0.25, 0.3) is 0 Å². The van der Waals surface area contributed by atoms with E-state index in [1.165, 1.54) is 24.3 Å².